The largest absolute Gasteiger partial charge is 0.488 e. The topological polar surface area (TPSA) is 43.4 Å². The van der Waals surface area contributed by atoms with E-state index in [9.17, 15) is 9.59 Å². The minimum Gasteiger partial charge on any atom is -0.488 e. The number of Topliss-reactive ketones (excluding diaryl/α,β-unsaturated/α-hetero) is 2. The van der Waals surface area contributed by atoms with Crippen LogP contribution in [0, 0.1) is 0 Å². The molecule has 0 atom stereocenters. The first-order valence-electron chi connectivity index (χ1n) is 8.50. The molecule has 0 saturated carbocycles. The fraction of sp³-hybridized carbons (Fsp3) is 0.0435. The van der Waals surface area contributed by atoms with Gasteiger partial charge in [-0.3, -0.25) is 9.59 Å². The molecule has 3 nitrogen and oxygen atoms in total. The minimum atomic E-state index is -0.250. The lowest BCUT2D eigenvalue weighted by Crippen LogP contribution is -2.01. The van der Waals surface area contributed by atoms with Gasteiger partial charge in [-0.1, -0.05) is 66.2 Å². The standard InChI is InChI=1S/C23H15ClO3/c24-17-8-5-6-15(12-17)14-27-21-11-4-1-7-16(21)13-20-22(25)18-9-2-3-10-19(18)23(20)26/h1-13H,14H2. The van der Waals surface area contributed by atoms with Crippen LogP contribution in [0.5, 0.6) is 5.75 Å². The van der Waals surface area contributed by atoms with E-state index in [1.807, 2.05) is 42.5 Å². The van der Waals surface area contributed by atoms with Crippen LogP contribution in [0.3, 0.4) is 0 Å². The Kier molecular flexibility index (Phi) is 4.61. The Balaban J connectivity index is 1.63. The maximum atomic E-state index is 12.6. The van der Waals surface area contributed by atoms with Crippen LogP contribution < -0.4 is 4.74 Å². The summed E-state index contributed by atoms with van der Waals surface area (Å²) in [5.41, 5.74) is 2.68. The second-order valence-corrected chi connectivity index (χ2v) is 6.65. The number of hydrogen-bond acceptors (Lipinski definition) is 3. The van der Waals surface area contributed by atoms with Crippen molar-refractivity contribution in [3.8, 4) is 5.75 Å². The molecule has 0 amide bonds. The molecule has 0 saturated heterocycles. The van der Waals surface area contributed by atoms with Crippen LogP contribution in [-0.4, -0.2) is 11.6 Å². The van der Waals surface area contributed by atoms with Crippen molar-refractivity contribution in [3.63, 3.8) is 0 Å². The minimum absolute atomic E-state index is 0.162. The van der Waals surface area contributed by atoms with Crippen molar-refractivity contribution in [2.75, 3.05) is 0 Å². The van der Waals surface area contributed by atoms with Crippen LogP contribution in [0.15, 0.2) is 78.4 Å². The zero-order valence-electron chi connectivity index (χ0n) is 14.3. The molecule has 1 aliphatic carbocycles. The van der Waals surface area contributed by atoms with Gasteiger partial charge in [0.25, 0.3) is 0 Å². The van der Waals surface area contributed by atoms with Gasteiger partial charge in [0.1, 0.15) is 12.4 Å². The highest BCUT2D eigenvalue weighted by atomic mass is 35.5. The number of carbonyl (C=O) groups is 2. The SMILES string of the molecule is O=C1C(=Cc2ccccc2OCc2cccc(Cl)c2)C(=O)c2ccccc21. The van der Waals surface area contributed by atoms with E-state index in [-0.39, 0.29) is 17.1 Å². The molecule has 0 spiro atoms. The molecule has 4 rings (SSSR count). The second kappa shape index (κ2) is 7.22. The quantitative estimate of drug-likeness (QED) is 0.454. The second-order valence-electron chi connectivity index (χ2n) is 6.22. The summed E-state index contributed by atoms with van der Waals surface area (Å²) in [5.74, 6) is 0.0991. The predicted octanol–water partition coefficient (Wildman–Crippen LogP) is 5.38. The number of carbonyl (C=O) groups excluding carboxylic acids is 2. The third kappa shape index (κ3) is 3.42. The smallest absolute Gasteiger partial charge is 0.197 e. The van der Waals surface area contributed by atoms with E-state index in [1.54, 1.807) is 36.4 Å². The van der Waals surface area contributed by atoms with Gasteiger partial charge in [-0.05, 0) is 29.8 Å². The average Bonchev–Trinajstić information content (AvgIpc) is 2.93. The molecule has 3 aromatic rings. The van der Waals surface area contributed by atoms with Gasteiger partial charge in [0, 0.05) is 21.7 Å². The third-order valence-electron chi connectivity index (χ3n) is 4.41. The number of allylic oxidation sites excluding steroid dienone is 1. The van der Waals surface area contributed by atoms with Gasteiger partial charge in [-0.25, -0.2) is 0 Å². The summed E-state index contributed by atoms with van der Waals surface area (Å²) < 4.78 is 5.91. The third-order valence-corrected chi connectivity index (χ3v) is 4.64. The highest BCUT2D eigenvalue weighted by Crippen LogP contribution is 2.30. The first kappa shape index (κ1) is 17.3. The molecule has 0 N–H and O–H groups in total. The van der Waals surface area contributed by atoms with Gasteiger partial charge in [-0.15, -0.1) is 0 Å². The highest BCUT2D eigenvalue weighted by Gasteiger charge is 2.32. The van der Waals surface area contributed by atoms with Gasteiger partial charge < -0.3 is 4.74 Å². The number of hydrogen-bond donors (Lipinski definition) is 0. The number of fused-ring (bicyclic) bond motifs is 1. The molecule has 0 radical (unpaired) electrons. The van der Waals surface area contributed by atoms with Crippen LogP contribution in [0.2, 0.25) is 5.02 Å². The van der Waals surface area contributed by atoms with Crippen molar-refractivity contribution in [1.29, 1.82) is 0 Å². The Morgan fingerprint density at radius 1 is 0.815 bits per heavy atom. The molecular formula is C23H15ClO3. The predicted molar refractivity (Wildman–Crippen MR) is 105 cm³/mol. The van der Waals surface area contributed by atoms with E-state index in [0.29, 0.717) is 34.1 Å². The van der Waals surface area contributed by atoms with E-state index >= 15 is 0 Å². The zero-order valence-corrected chi connectivity index (χ0v) is 15.1. The number of benzene rings is 3. The maximum absolute atomic E-state index is 12.6. The Bertz CT molecular complexity index is 1050. The Morgan fingerprint density at radius 3 is 2.19 bits per heavy atom. The summed E-state index contributed by atoms with van der Waals surface area (Å²) in [6.45, 7) is 0.336. The van der Waals surface area contributed by atoms with Crippen molar-refractivity contribution < 1.29 is 14.3 Å². The molecule has 0 fully saturated rings. The van der Waals surface area contributed by atoms with Crippen LogP contribution >= 0.6 is 11.6 Å². The summed E-state index contributed by atoms with van der Waals surface area (Å²) in [6, 6.07) is 21.6. The maximum Gasteiger partial charge on any atom is 0.197 e. The van der Waals surface area contributed by atoms with E-state index in [2.05, 4.69) is 0 Å². The van der Waals surface area contributed by atoms with Crippen LogP contribution in [-0.2, 0) is 6.61 Å². The van der Waals surface area contributed by atoms with Crippen molar-refractivity contribution >= 4 is 29.2 Å². The summed E-state index contributed by atoms with van der Waals surface area (Å²) in [7, 11) is 0. The van der Waals surface area contributed by atoms with Crippen molar-refractivity contribution in [2.24, 2.45) is 0 Å². The highest BCUT2D eigenvalue weighted by molar-refractivity contribution is 6.41. The number of ether oxygens (including phenoxy) is 1. The molecule has 0 unspecified atom stereocenters. The van der Waals surface area contributed by atoms with Gasteiger partial charge in [0.2, 0.25) is 0 Å². The van der Waals surface area contributed by atoms with Crippen LogP contribution in [0.4, 0.5) is 0 Å². The summed E-state index contributed by atoms with van der Waals surface area (Å²) in [4.78, 5) is 25.2. The fourth-order valence-electron chi connectivity index (χ4n) is 3.08. The summed E-state index contributed by atoms with van der Waals surface area (Å²) in [5, 5.41) is 0.645. The lowest BCUT2D eigenvalue weighted by Gasteiger charge is -2.10. The van der Waals surface area contributed by atoms with Gasteiger partial charge in [0.15, 0.2) is 11.6 Å². The van der Waals surface area contributed by atoms with E-state index < -0.39 is 0 Å². The molecule has 0 aromatic heterocycles. The zero-order chi connectivity index (χ0) is 18.8. The average molecular weight is 375 g/mol. The van der Waals surface area contributed by atoms with Gasteiger partial charge >= 0.3 is 0 Å². The van der Waals surface area contributed by atoms with E-state index in [1.165, 1.54) is 0 Å². The molecule has 132 valence electrons. The molecule has 0 bridgehead atoms. The normalized spacial score (nSPS) is 12.9. The summed E-state index contributed by atoms with van der Waals surface area (Å²) >= 11 is 6.01. The van der Waals surface area contributed by atoms with Crippen molar-refractivity contribution in [2.45, 2.75) is 6.61 Å². The molecule has 4 heteroatoms. The Hall–Kier alpha value is -3.17. The lowest BCUT2D eigenvalue weighted by atomic mass is 10.1. The van der Waals surface area contributed by atoms with Crippen LogP contribution in [0.25, 0.3) is 6.08 Å². The Morgan fingerprint density at radius 2 is 1.48 bits per heavy atom. The first-order chi connectivity index (χ1) is 13.1. The Labute approximate surface area is 161 Å². The molecule has 1 aliphatic rings. The van der Waals surface area contributed by atoms with E-state index in [0.717, 1.165) is 5.56 Å². The molecule has 0 aliphatic heterocycles. The number of ketones is 2. The monoisotopic (exact) mass is 374 g/mol. The van der Waals surface area contributed by atoms with Crippen LogP contribution in [0.1, 0.15) is 31.8 Å². The van der Waals surface area contributed by atoms with Gasteiger partial charge in [0.05, 0.1) is 5.57 Å². The molecule has 0 heterocycles. The molecule has 3 aromatic carbocycles. The number of para-hydroxylation sites is 1. The first-order valence-corrected chi connectivity index (χ1v) is 8.87. The van der Waals surface area contributed by atoms with Gasteiger partial charge in [-0.2, -0.15) is 0 Å². The lowest BCUT2D eigenvalue weighted by molar-refractivity contribution is 0.0990. The molecule has 27 heavy (non-hydrogen) atoms. The van der Waals surface area contributed by atoms with Crippen molar-refractivity contribution in [3.05, 3.63) is 106 Å². The molecular weight excluding hydrogens is 360 g/mol. The summed E-state index contributed by atoms with van der Waals surface area (Å²) in [6.07, 6.45) is 1.61. The number of rotatable bonds is 4. The number of halogens is 1. The fourth-order valence-corrected chi connectivity index (χ4v) is 3.29. The van der Waals surface area contributed by atoms with E-state index in [4.69, 9.17) is 16.3 Å². The van der Waals surface area contributed by atoms with Crippen molar-refractivity contribution in [1.82, 2.24) is 0 Å².